The number of nitrogens with zero attached hydrogens (tertiary/aromatic N) is 2. The lowest BCUT2D eigenvalue weighted by molar-refractivity contribution is 0.289. The molecule has 18 heavy (non-hydrogen) atoms. The van der Waals surface area contributed by atoms with Gasteiger partial charge in [0, 0.05) is 10.6 Å². The number of hydrogen-bond acceptors (Lipinski definition) is 4. The minimum absolute atomic E-state index is 0.112. The quantitative estimate of drug-likeness (QED) is 0.652. The molecule has 0 saturated carbocycles. The predicted octanol–water partition coefficient (Wildman–Crippen LogP) is 1.99. The maximum Gasteiger partial charge on any atom is 0.244 e. The van der Waals surface area contributed by atoms with Crippen molar-refractivity contribution in [1.29, 1.82) is 5.41 Å². The first-order chi connectivity index (χ1) is 8.68. The number of nitrogen functional groups attached to an aromatic ring is 1. The number of rotatable bonds is 4. The van der Waals surface area contributed by atoms with Gasteiger partial charge in [-0.05, 0) is 12.1 Å². The van der Waals surface area contributed by atoms with E-state index in [1.807, 2.05) is 18.2 Å². The van der Waals surface area contributed by atoms with Gasteiger partial charge in [0.1, 0.15) is 12.4 Å². The highest BCUT2D eigenvalue weighted by Crippen LogP contribution is 2.18. The van der Waals surface area contributed by atoms with Crippen molar-refractivity contribution in [2.75, 3.05) is 0 Å². The third-order valence-corrected chi connectivity index (χ3v) is 2.67. The van der Waals surface area contributed by atoms with Gasteiger partial charge in [-0.2, -0.15) is 5.10 Å². The van der Waals surface area contributed by atoms with Crippen LogP contribution in [-0.2, 0) is 6.61 Å². The molecule has 0 bridgehead atoms. The van der Waals surface area contributed by atoms with Gasteiger partial charge in [0.25, 0.3) is 0 Å². The molecular formula is C12H11ClN4O. The molecule has 3 N–H and O–H groups in total. The van der Waals surface area contributed by atoms with E-state index >= 15 is 0 Å². The standard InChI is InChI=1S/C12H11ClN4O/c13-10-4-2-1-3-8(10)7-18-12-9(11(14)15)5-6-16-17-12/h1-6H,7H2,(H3,14,15). The van der Waals surface area contributed by atoms with Crippen LogP contribution in [0.3, 0.4) is 0 Å². The van der Waals surface area contributed by atoms with Crippen molar-refractivity contribution in [2.24, 2.45) is 5.73 Å². The van der Waals surface area contributed by atoms with Crippen LogP contribution >= 0.6 is 11.6 Å². The topological polar surface area (TPSA) is 84.9 Å². The number of hydrogen-bond donors (Lipinski definition) is 2. The van der Waals surface area contributed by atoms with E-state index in [9.17, 15) is 0 Å². The first-order valence-corrected chi connectivity index (χ1v) is 5.58. The molecule has 0 saturated heterocycles. The first kappa shape index (κ1) is 12.3. The molecule has 0 aliphatic heterocycles. The highest BCUT2D eigenvalue weighted by atomic mass is 35.5. The number of halogens is 1. The molecule has 0 atom stereocenters. The maximum absolute atomic E-state index is 7.41. The van der Waals surface area contributed by atoms with Crippen LogP contribution < -0.4 is 10.5 Å². The van der Waals surface area contributed by atoms with Gasteiger partial charge in [0.15, 0.2) is 0 Å². The van der Waals surface area contributed by atoms with Crippen LogP contribution in [-0.4, -0.2) is 16.0 Å². The summed E-state index contributed by atoms with van der Waals surface area (Å²) in [7, 11) is 0. The van der Waals surface area contributed by atoms with Crippen molar-refractivity contribution in [3.63, 3.8) is 0 Å². The average molecular weight is 263 g/mol. The summed E-state index contributed by atoms with van der Waals surface area (Å²) in [4.78, 5) is 0. The molecule has 1 aromatic heterocycles. The zero-order valence-corrected chi connectivity index (χ0v) is 10.2. The van der Waals surface area contributed by atoms with Gasteiger partial charge in [-0.3, -0.25) is 5.41 Å². The second-order valence-corrected chi connectivity index (χ2v) is 3.95. The summed E-state index contributed by atoms with van der Waals surface area (Å²) < 4.78 is 5.49. The molecule has 92 valence electrons. The summed E-state index contributed by atoms with van der Waals surface area (Å²) in [6, 6.07) is 8.93. The van der Waals surface area contributed by atoms with E-state index in [4.69, 9.17) is 27.5 Å². The van der Waals surface area contributed by atoms with E-state index in [2.05, 4.69) is 10.2 Å². The fraction of sp³-hybridized carbons (Fsp3) is 0.0833. The van der Waals surface area contributed by atoms with Crippen molar-refractivity contribution in [3.8, 4) is 5.88 Å². The fourth-order valence-electron chi connectivity index (χ4n) is 1.39. The molecule has 2 aromatic rings. The third-order valence-electron chi connectivity index (χ3n) is 2.30. The lowest BCUT2D eigenvalue weighted by atomic mass is 10.2. The molecule has 2 rings (SSSR count). The van der Waals surface area contributed by atoms with Crippen molar-refractivity contribution in [3.05, 3.63) is 52.7 Å². The highest BCUT2D eigenvalue weighted by Gasteiger charge is 2.09. The van der Waals surface area contributed by atoms with E-state index in [1.54, 1.807) is 12.1 Å². The molecule has 0 radical (unpaired) electrons. The van der Waals surface area contributed by atoms with Crippen LogP contribution in [0, 0.1) is 5.41 Å². The first-order valence-electron chi connectivity index (χ1n) is 5.21. The molecule has 0 amide bonds. The minimum Gasteiger partial charge on any atom is -0.471 e. The Labute approximate surface area is 109 Å². The molecular weight excluding hydrogens is 252 g/mol. The van der Waals surface area contributed by atoms with Crippen molar-refractivity contribution >= 4 is 17.4 Å². The summed E-state index contributed by atoms with van der Waals surface area (Å²) in [5, 5.41) is 15.5. The van der Waals surface area contributed by atoms with Crippen LogP contribution in [0.4, 0.5) is 0 Å². The molecule has 5 nitrogen and oxygen atoms in total. The Balaban J connectivity index is 2.16. The lowest BCUT2D eigenvalue weighted by Gasteiger charge is -2.09. The summed E-state index contributed by atoms with van der Waals surface area (Å²) in [5.74, 6) is 0.115. The lowest BCUT2D eigenvalue weighted by Crippen LogP contribution is -2.14. The zero-order valence-electron chi connectivity index (χ0n) is 9.43. The summed E-state index contributed by atoms with van der Waals surface area (Å²) in [5.41, 5.74) is 6.67. The Bertz CT molecular complexity index is 574. The largest absolute Gasteiger partial charge is 0.471 e. The van der Waals surface area contributed by atoms with Crippen LogP contribution in [0.15, 0.2) is 36.5 Å². The van der Waals surface area contributed by atoms with E-state index in [-0.39, 0.29) is 18.3 Å². The molecule has 0 aliphatic rings. The monoisotopic (exact) mass is 262 g/mol. The maximum atomic E-state index is 7.41. The van der Waals surface area contributed by atoms with Crippen LogP contribution in [0.1, 0.15) is 11.1 Å². The Kier molecular flexibility index (Phi) is 3.74. The van der Waals surface area contributed by atoms with Gasteiger partial charge in [0.2, 0.25) is 5.88 Å². The van der Waals surface area contributed by atoms with Gasteiger partial charge in [-0.1, -0.05) is 29.8 Å². The Morgan fingerprint density at radius 3 is 2.83 bits per heavy atom. The van der Waals surface area contributed by atoms with Crippen molar-refractivity contribution in [2.45, 2.75) is 6.61 Å². The van der Waals surface area contributed by atoms with Crippen LogP contribution in [0.25, 0.3) is 0 Å². The molecule has 1 aromatic carbocycles. The average Bonchev–Trinajstić information content (AvgIpc) is 2.38. The van der Waals surface area contributed by atoms with Crippen molar-refractivity contribution < 1.29 is 4.74 Å². The van der Waals surface area contributed by atoms with Gasteiger partial charge in [-0.15, -0.1) is 5.10 Å². The van der Waals surface area contributed by atoms with Gasteiger partial charge < -0.3 is 10.5 Å². The number of nitrogens with one attached hydrogen (secondary N) is 1. The predicted molar refractivity (Wildman–Crippen MR) is 68.8 cm³/mol. The molecule has 0 unspecified atom stereocenters. The van der Waals surface area contributed by atoms with Gasteiger partial charge in [0.05, 0.1) is 11.8 Å². The second kappa shape index (κ2) is 5.46. The van der Waals surface area contributed by atoms with Crippen LogP contribution in [0.5, 0.6) is 5.88 Å². The van der Waals surface area contributed by atoms with Crippen molar-refractivity contribution in [1.82, 2.24) is 10.2 Å². The smallest absolute Gasteiger partial charge is 0.244 e. The van der Waals surface area contributed by atoms with E-state index in [0.717, 1.165) is 5.56 Å². The summed E-state index contributed by atoms with van der Waals surface area (Å²) >= 11 is 6.01. The van der Waals surface area contributed by atoms with E-state index < -0.39 is 0 Å². The van der Waals surface area contributed by atoms with Crippen LogP contribution in [0.2, 0.25) is 5.02 Å². The molecule has 1 heterocycles. The number of ether oxygens (including phenoxy) is 1. The number of amidine groups is 1. The summed E-state index contributed by atoms with van der Waals surface area (Å²) in [6.07, 6.45) is 1.46. The molecule has 0 fully saturated rings. The molecule has 0 aliphatic carbocycles. The normalized spacial score (nSPS) is 10.1. The number of nitrogens with two attached hydrogens (primary N) is 1. The fourth-order valence-corrected chi connectivity index (χ4v) is 1.58. The Morgan fingerprint density at radius 1 is 1.33 bits per heavy atom. The van der Waals surface area contributed by atoms with E-state index in [0.29, 0.717) is 10.6 Å². The minimum atomic E-state index is -0.112. The van der Waals surface area contributed by atoms with E-state index in [1.165, 1.54) is 6.20 Å². The second-order valence-electron chi connectivity index (χ2n) is 3.54. The molecule has 6 heteroatoms. The van der Waals surface area contributed by atoms with Gasteiger partial charge >= 0.3 is 0 Å². The molecule has 0 spiro atoms. The third kappa shape index (κ3) is 2.75. The SMILES string of the molecule is N=C(N)c1ccnnc1OCc1ccccc1Cl. The number of aromatic nitrogens is 2. The highest BCUT2D eigenvalue weighted by molar-refractivity contribution is 6.31. The van der Waals surface area contributed by atoms with Gasteiger partial charge in [-0.25, -0.2) is 0 Å². The number of benzene rings is 1. The summed E-state index contributed by atoms with van der Waals surface area (Å²) in [6.45, 7) is 0.249. The Morgan fingerprint density at radius 2 is 2.11 bits per heavy atom. The Hall–Kier alpha value is -2.14. The zero-order chi connectivity index (χ0) is 13.0.